The van der Waals surface area contributed by atoms with Crippen LogP contribution in [0.2, 0.25) is 0 Å². The van der Waals surface area contributed by atoms with E-state index in [1.165, 1.54) is 19.3 Å². The molecule has 0 unspecified atom stereocenters. The number of nitrogens with one attached hydrogen (secondary N) is 1. The standard InChI is InChI=1S/C17H20N4O/c22-17(20-12-14-6-2-3-9-18-14)16-8-7-15(13-19-16)21-10-4-1-5-11-21/h2-3,6-9,13H,1,4-5,10-12H2,(H,20,22). The molecule has 5 nitrogen and oxygen atoms in total. The highest BCUT2D eigenvalue weighted by molar-refractivity contribution is 5.92. The molecule has 3 rings (SSSR count). The average Bonchev–Trinajstić information content (AvgIpc) is 2.61. The third-order valence-electron chi connectivity index (χ3n) is 3.86. The number of hydrogen-bond acceptors (Lipinski definition) is 4. The summed E-state index contributed by atoms with van der Waals surface area (Å²) in [5.41, 5.74) is 2.37. The minimum atomic E-state index is -0.171. The van der Waals surface area contributed by atoms with E-state index in [1.807, 2.05) is 24.3 Å². The lowest BCUT2D eigenvalue weighted by Crippen LogP contribution is -2.29. The minimum absolute atomic E-state index is 0.171. The van der Waals surface area contributed by atoms with Crippen molar-refractivity contribution in [3.8, 4) is 0 Å². The largest absolute Gasteiger partial charge is 0.370 e. The summed E-state index contributed by atoms with van der Waals surface area (Å²) in [6.45, 7) is 2.56. The summed E-state index contributed by atoms with van der Waals surface area (Å²) in [5.74, 6) is -0.171. The molecule has 0 saturated carbocycles. The molecule has 1 aliphatic rings. The van der Waals surface area contributed by atoms with E-state index in [4.69, 9.17) is 0 Å². The van der Waals surface area contributed by atoms with Gasteiger partial charge in [0.15, 0.2) is 0 Å². The fourth-order valence-corrected chi connectivity index (χ4v) is 2.62. The first-order valence-electron chi connectivity index (χ1n) is 7.72. The lowest BCUT2D eigenvalue weighted by Gasteiger charge is -2.28. The average molecular weight is 296 g/mol. The molecule has 1 N–H and O–H groups in total. The van der Waals surface area contributed by atoms with E-state index in [0.717, 1.165) is 24.5 Å². The second-order valence-corrected chi connectivity index (χ2v) is 5.45. The lowest BCUT2D eigenvalue weighted by molar-refractivity contribution is 0.0945. The predicted molar refractivity (Wildman–Crippen MR) is 85.7 cm³/mol. The van der Waals surface area contributed by atoms with Crippen LogP contribution in [-0.4, -0.2) is 29.0 Å². The number of rotatable bonds is 4. The Labute approximate surface area is 130 Å². The summed E-state index contributed by atoms with van der Waals surface area (Å²) in [7, 11) is 0. The van der Waals surface area contributed by atoms with Gasteiger partial charge in [-0.1, -0.05) is 6.07 Å². The highest BCUT2D eigenvalue weighted by Gasteiger charge is 2.12. The molecule has 2 aromatic heterocycles. The van der Waals surface area contributed by atoms with Crippen molar-refractivity contribution in [2.75, 3.05) is 18.0 Å². The van der Waals surface area contributed by atoms with Crippen molar-refractivity contribution in [1.82, 2.24) is 15.3 Å². The molecule has 22 heavy (non-hydrogen) atoms. The topological polar surface area (TPSA) is 58.1 Å². The summed E-state index contributed by atoms with van der Waals surface area (Å²) in [6, 6.07) is 9.41. The van der Waals surface area contributed by atoms with Gasteiger partial charge in [-0.15, -0.1) is 0 Å². The highest BCUT2D eigenvalue weighted by Crippen LogP contribution is 2.18. The summed E-state index contributed by atoms with van der Waals surface area (Å²) < 4.78 is 0. The second-order valence-electron chi connectivity index (χ2n) is 5.45. The van der Waals surface area contributed by atoms with Crippen molar-refractivity contribution >= 4 is 11.6 Å². The lowest BCUT2D eigenvalue weighted by atomic mass is 10.1. The molecule has 114 valence electrons. The van der Waals surface area contributed by atoms with Gasteiger partial charge in [0.05, 0.1) is 24.1 Å². The van der Waals surface area contributed by atoms with Crippen molar-refractivity contribution in [2.24, 2.45) is 0 Å². The fraction of sp³-hybridized carbons (Fsp3) is 0.353. The Morgan fingerprint density at radius 3 is 2.64 bits per heavy atom. The van der Waals surface area contributed by atoms with Gasteiger partial charge in [0.1, 0.15) is 5.69 Å². The Hall–Kier alpha value is -2.43. The first kappa shape index (κ1) is 14.5. The molecule has 0 aromatic carbocycles. The molecular formula is C17H20N4O. The van der Waals surface area contributed by atoms with Gasteiger partial charge in [-0.3, -0.25) is 9.78 Å². The second kappa shape index (κ2) is 7.02. The quantitative estimate of drug-likeness (QED) is 0.941. The van der Waals surface area contributed by atoms with Gasteiger partial charge in [-0.05, 0) is 43.5 Å². The molecule has 1 saturated heterocycles. The molecule has 0 spiro atoms. The van der Waals surface area contributed by atoms with Crippen LogP contribution in [0.1, 0.15) is 35.4 Å². The van der Waals surface area contributed by atoms with Gasteiger partial charge in [0, 0.05) is 19.3 Å². The zero-order valence-electron chi connectivity index (χ0n) is 12.5. The number of anilines is 1. The molecule has 3 heterocycles. The predicted octanol–water partition coefficient (Wildman–Crippen LogP) is 2.40. The van der Waals surface area contributed by atoms with Crippen LogP contribution in [-0.2, 0) is 6.54 Å². The molecule has 2 aromatic rings. The maximum atomic E-state index is 12.1. The number of piperidine rings is 1. The Morgan fingerprint density at radius 1 is 1.09 bits per heavy atom. The van der Waals surface area contributed by atoms with Crippen LogP contribution in [0.4, 0.5) is 5.69 Å². The Morgan fingerprint density at radius 2 is 1.95 bits per heavy atom. The minimum Gasteiger partial charge on any atom is -0.370 e. The third-order valence-corrected chi connectivity index (χ3v) is 3.86. The van der Waals surface area contributed by atoms with E-state index in [-0.39, 0.29) is 5.91 Å². The van der Waals surface area contributed by atoms with Gasteiger partial charge in [0.2, 0.25) is 0 Å². The van der Waals surface area contributed by atoms with Crippen LogP contribution >= 0.6 is 0 Å². The van der Waals surface area contributed by atoms with Crippen LogP contribution in [0.3, 0.4) is 0 Å². The normalized spacial score (nSPS) is 14.6. The monoisotopic (exact) mass is 296 g/mol. The Bertz CT molecular complexity index is 606. The molecule has 0 aliphatic carbocycles. The summed E-state index contributed by atoms with van der Waals surface area (Å²) in [4.78, 5) is 22.9. The van der Waals surface area contributed by atoms with Crippen LogP contribution in [0.25, 0.3) is 0 Å². The van der Waals surface area contributed by atoms with Crippen LogP contribution in [0, 0.1) is 0 Å². The maximum Gasteiger partial charge on any atom is 0.270 e. The maximum absolute atomic E-state index is 12.1. The van der Waals surface area contributed by atoms with Crippen molar-refractivity contribution in [3.63, 3.8) is 0 Å². The molecule has 1 aliphatic heterocycles. The van der Waals surface area contributed by atoms with E-state index in [1.54, 1.807) is 18.5 Å². The molecule has 0 bridgehead atoms. The molecule has 0 radical (unpaired) electrons. The molecule has 1 fully saturated rings. The molecular weight excluding hydrogens is 276 g/mol. The van der Waals surface area contributed by atoms with E-state index >= 15 is 0 Å². The molecule has 0 atom stereocenters. The summed E-state index contributed by atoms with van der Waals surface area (Å²) >= 11 is 0. The van der Waals surface area contributed by atoms with Crippen LogP contribution in [0.15, 0.2) is 42.7 Å². The highest BCUT2D eigenvalue weighted by atomic mass is 16.1. The van der Waals surface area contributed by atoms with Crippen LogP contribution < -0.4 is 10.2 Å². The van der Waals surface area contributed by atoms with E-state index in [9.17, 15) is 4.79 Å². The third kappa shape index (κ3) is 3.61. The van der Waals surface area contributed by atoms with Gasteiger partial charge in [-0.25, -0.2) is 4.98 Å². The van der Waals surface area contributed by atoms with Gasteiger partial charge in [0.25, 0.3) is 5.91 Å². The number of aromatic nitrogens is 2. The number of carbonyl (C=O) groups excluding carboxylic acids is 1. The SMILES string of the molecule is O=C(NCc1ccccn1)c1ccc(N2CCCCC2)cn1. The Balaban J connectivity index is 1.58. The van der Waals surface area contributed by atoms with Crippen molar-refractivity contribution in [3.05, 3.63) is 54.1 Å². The number of amides is 1. The van der Waals surface area contributed by atoms with E-state index < -0.39 is 0 Å². The molecule has 5 heteroatoms. The summed E-state index contributed by atoms with van der Waals surface area (Å²) in [5, 5.41) is 2.84. The number of nitrogens with zero attached hydrogens (tertiary/aromatic N) is 3. The van der Waals surface area contributed by atoms with Crippen molar-refractivity contribution in [1.29, 1.82) is 0 Å². The van der Waals surface area contributed by atoms with Crippen molar-refractivity contribution in [2.45, 2.75) is 25.8 Å². The van der Waals surface area contributed by atoms with E-state index in [0.29, 0.717) is 12.2 Å². The number of carbonyl (C=O) groups is 1. The molecule has 1 amide bonds. The van der Waals surface area contributed by atoms with E-state index in [2.05, 4.69) is 20.2 Å². The summed E-state index contributed by atoms with van der Waals surface area (Å²) in [6.07, 6.45) is 7.27. The smallest absolute Gasteiger partial charge is 0.270 e. The van der Waals surface area contributed by atoms with Gasteiger partial charge < -0.3 is 10.2 Å². The van der Waals surface area contributed by atoms with Gasteiger partial charge in [-0.2, -0.15) is 0 Å². The zero-order chi connectivity index (χ0) is 15.2. The fourth-order valence-electron chi connectivity index (χ4n) is 2.62. The number of pyridine rings is 2. The Kier molecular flexibility index (Phi) is 4.63. The van der Waals surface area contributed by atoms with Gasteiger partial charge >= 0.3 is 0 Å². The first-order chi connectivity index (χ1) is 10.8. The number of hydrogen-bond donors (Lipinski definition) is 1. The van der Waals surface area contributed by atoms with Crippen molar-refractivity contribution < 1.29 is 4.79 Å². The first-order valence-corrected chi connectivity index (χ1v) is 7.72. The van der Waals surface area contributed by atoms with Crippen LogP contribution in [0.5, 0.6) is 0 Å². The zero-order valence-corrected chi connectivity index (χ0v) is 12.5.